The standard InChI is InChI=1S/C13H21N3O4/c14-12(19)10-2-1-6-16(10)13(20)15-7-5-9(8-15)3-4-11(17)18/h9-10H,1-8H2,(H2,14,19)(H,17,18). The number of aliphatic carboxylic acids is 1. The third kappa shape index (κ3) is 3.20. The van der Waals surface area contributed by atoms with E-state index in [4.69, 9.17) is 10.8 Å². The van der Waals surface area contributed by atoms with E-state index in [-0.39, 0.29) is 18.4 Å². The summed E-state index contributed by atoms with van der Waals surface area (Å²) in [5, 5.41) is 8.68. The van der Waals surface area contributed by atoms with Crippen molar-refractivity contribution in [3.8, 4) is 0 Å². The lowest BCUT2D eigenvalue weighted by Crippen LogP contribution is -2.49. The van der Waals surface area contributed by atoms with Gasteiger partial charge in [-0.3, -0.25) is 9.59 Å². The number of amides is 3. The molecule has 0 aromatic carbocycles. The highest BCUT2D eigenvalue weighted by atomic mass is 16.4. The van der Waals surface area contributed by atoms with Crippen molar-refractivity contribution < 1.29 is 19.5 Å². The number of carbonyl (C=O) groups is 3. The van der Waals surface area contributed by atoms with Crippen LogP contribution in [0.3, 0.4) is 0 Å². The molecule has 0 aromatic heterocycles. The van der Waals surface area contributed by atoms with E-state index in [2.05, 4.69) is 0 Å². The zero-order chi connectivity index (χ0) is 14.7. The minimum atomic E-state index is -0.803. The van der Waals surface area contributed by atoms with E-state index in [0.717, 1.165) is 12.8 Å². The molecule has 0 radical (unpaired) electrons. The molecule has 2 aliphatic heterocycles. The van der Waals surface area contributed by atoms with Gasteiger partial charge in [-0.2, -0.15) is 0 Å². The van der Waals surface area contributed by atoms with Gasteiger partial charge in [-0.1, -0.05) is 0 Å². The molecule has 20 heavy (non-hydrogen) atoms. The second kappa shape index (κ2) is 6.11. The van der Waals surface area contributed by atoms with Crippen LogP contribution >= 0.6 is 0 Å². The summed E-state index contributed by atoms with van der Waals surface area (Å²) in [6, 6.07) is -0.621. The Morgan fingerprint density at radius 2 is 1.95 bits per heavy atom. The molecule has 0 aliphatic carbocycles. The number of nitrogens with two attached hydrogens (primary N) is 1. The average molecular weight is 283 g/mol. The van der Waals surface area contributed by atoms with Gasteiger partial charge in [0, 0.05) is 26.1 Å². The Bertz CT molecular complexity index is 412. The number of hydrogen-bond acceptors (Lipinski definition) is 3. The van der Waals surface area contributed by atoms with E-state index in [9.17, 15) is 14.4 Å². The maximum atomic E-state index is 12.4. The van der Waals surface area contributed by atoms with E-state index in [1.807, 2.05) is 0 Å². The predicted octanol–water partition coefficient (Wildman–Crippen LogP) is 0.243. The molecule has 0 aromatic rings. The molecule has 0 bridgehead atoms. The van der Waals surface area contributed by atoms with Crippen LogP contribution in [0.2, 0.25) is 0 Å². The number of primary amides is 1. The van der Waals surface area contributed by atoms with Gasteiger partial charge in [0.05, 0.1) is 0 Å². The van der Waals surface area contributed by atoms with Gasteiger partial charge in [0.2, 0.25) is 5.91 Å². The Morgan fingerprint density at radius 3 is 2.60 bits per heavy atom. The Balaban J connectivity index is 1.87. The molecule has 2 rings (SSSR count). The molecule has 2 aliphatic rings. The van der Waals surface area contributed by atoms with Crippen LogP contribution in [-0.4, -0.2) is 58.5 Å². The maximum Gasteiger partial charge on any atom is 0.320 e. The third-order valence-electron chi connectivity index (χ3n) is 4.15. The summed E-state index contributed by atoms with van der Waals surface area (Å²) in [4.78, 5) is 37.5. The number of carboxylic acid groups (broad SMARTS) is 1. The molecule has 0 saturated carbocycles. The van der Waals surface area contributed by atoms with E-state index in [0.29, 0.717) is 32.5 Å². The van der Waals surface area contributed by atoms with Crippen LogP contribution < -0.4 is 5.73 Å². The molecule has 3 amide bonds. The monoisotopic (exact) mass is 283 g/mol. The van der Waals surface area contributed by atoms with Crippen molar-refractivity contribution in [3.05, 3.63) is 0 Å². The summed E-state index contributed by atoms with van der Waals surface area (Å²) in [5.41, 5.74) is 5.32. The van der Waals surface area contributed by atoms with Crippen molar-refractivity contribution in [3.63, 3.8) is 0 Å². The average Bonchev–Trinajstić information content (AvgIpc) is 3.04. The van der Waals surface area contributed by atoms with E-state index >= 15 is 0 Å². The van der Waals surface area contributed by atoms with Crippen LogP contribution in [0.1, 0.15) is 32.1 Å². The maximum absolute atomic E-state index is 12.4. The summed E-state index contributed by atoms with van der Waals surface area (Å²) in [6.45, 7) is 1.78. The van der Waals surface area contributed by atoms with Gasteiger partial charge in [-0.25, -0.2) is 4.79 Å². The van der Waals surface area contributed by atoms with Crippen molar-refractivity contribution in [1.82, 2.24) is 9.80 Å². The van der Waals surface area contributed by atoms with Crippen molar-refractivity contribution in [2.24, 2.45) is 11.7 Å². The number of likely N-dealkylation sites (tertiary alicyclic amines) is 2. The van der Waals surface area contributed by atoms with Crippen LogP contribution in [0.4, 0.5) is 4.79 Å². The Morgan fingerprint density at radius 1 is 1.20 bits per heavy atom. The first-order chi connectivity index (χ1) is 9.49. The SMILES string of the molecule is NC(=O)C1CCCN1C(=O)N1CCC(CCC(=O)O)C1. The summed E-state index contributed by atoms with van der Waals surface area (Å²) in [6.07, 6.45) is 3.00. The second-order valence-electron chi connectivity index (χ2n) is 5.57. The molecule has 112 valence electrons. The van der Waals surface area contributed by atoms with Crippen molar-refractivity contribution in [1.29, 1.82) is 0 Å². The normalized spacial score (nSPS) is 26.0. The van der Waals surface area contributed by atoms with Crippen LogP contribution in [0.25, 0.3) is 0 Å². The lowest BCUT2D eigenvalue weighted by Gasteiger charge is -2.28. The minimum absolute atomic E-state index is 0.135. The predicted molar refractivity (Wildman–Crippen MR) is 70.9 cm³/mol. The highest BCUT2D eigenvalue weighted by Crippen LogP contribution is 2.25. The van der Waals surface area contributed by atoms with Gasteiger partial charge in [0.25, 0.3) is 0 Å². The van der Waals surface area contributed by atoms with E-state index < -0.39 is 17.9 Å². The van der Waals surface area contributed by atoms with Crippen molar-refractivity contribution >= 4 is 17.9 Å². The number of carbonyl (C=O) groups excluding carboxylic acids is 2. The topological polar surface area (TPSA) is 104 Å². The quantitative estimate of drug-likeness (QED) is 0.771. The molecule has 2 fully saturated rings. The fourth-order valence-corrected chi connectivity index (χ4v) is 3.04. The molecule has 2 atom stereocenters. The number of nitrogens with zero attached hydrogens (tertiary/aromatic N) is 2. The molecule has 2 saturated heterocycles. The second-order valence-corrected chi connectivity index (χ2v) is 5.57. The molecular formula is C13H21N3O4. The molecule has 7 heteroatoms. The van der Waals surface area contributed by atoms with Gasteiger partial charge >= 0.3 is 12.0 Å². The van der Waals surface area contributed by atoms with Crippen LogP contribution in [0.5, 0.6) is 0 Å². The first-order valence-electron chi connectivity index (χ1n) is 7.05. The molecule has 7 nitrogen and oxygen atoms in total. The minimum Gasteiger partial charge on any atom is -0.481 e. The third-order valence-corrected chi connectivity index (χ3v) is 4.15. The van der Waals surface area contributed by atoms with Crippen LogP contribution in [0.15, 0.2) is 0 Å². The van der Waals surface area contributed by atoms with Crippen LogP contribution in [0, 0.1) is 5.92 Å². The number of carboxylic acids is 1. The number of hydrogen-bond donors (Lipinski definition) is 2. The highest BCUT2D eigenvalue weighted by molar-refractivity contribution is 5.86. The Kier molecular flexibility index (Phi) is 4.46. The van der Waals surface area contributed by atoms with E-state index in [1.54, 1.807) is 9.80 Å². The largest absolute Gasteiger partial charge is 0.481 e. The summed E-state index contributed by atoms with van der Waals surface area (Å²) in [7, 11) is 0. The van der Waals surface area contributed by atoms with Gasteiger partial charge in [-0.05, 0) is 31.6 Å². The molecule has 0 spiro atoms. The van der Waals surface area contributed by atoms with Gasteiger partial charge < -0.3 is 20.6 Å². The number of rotatable bonds is 4. The molecule has 2 unspecified atom stereocenters. The molecule has 3 N–H and O–H groups in total. The first kappa shape index (κ1) is 14.6. The highest BCUT2D eigenvalue weighted by Gasteiger charge is 2.37. The lowest BCUT2D eigenvalue weighted by molar-refractivity contribution is -0.137. The lowest BCUT2D eigenvalue weighted by atomic mass is 10.0. The Labute approximate surface area is 117 Å². The number of urea groups is 1. The van der Waals surface area contributed by atoms with Crippen molar-refractivity contribution in [2.45, 2.75) is 38.1 Å². The first-order valence-corrected chi connectivity index (χ1v) is 7.05. The zero-order valence-electron chi connectivity index (χ0n) is 11.5. The summed E-state index contributed by atoms with van der Waals surface area (Å²) < 4.78 is 0. The van der Waals surface area contributed by atoms with Gasteiger partial charge in [-0.15, -0.1) is 0 Å². The smallest absolute Gasteiger partial charge is 0.320 e. The summed E-state index contributed by atoms with van der Waals surface area (Å²) in [5.74, 6) is -1.01. The van der Waals surface area contributed by atoms with Crippen molar-refractivity contribution in [2.75, 3.05) is 19.6 Å². The fourth-order valence-electron chi connectivity index (χ4n) is 3.04. The van der Waals surface area contributed by atoms with E-state index in [1.165, 1.54) is 0 Å². The van der Waals surface area contributed by atoms with Gasteiger partial charge in [0.1, 0.15) is 6.04 Å². The molecular weight excluding hydrogens is 262 g/mol. The van der Waals surface area contributed by atoms with Crippen LogP contribution in [-0.2, 0) is 9.59 Å². The van der Waals surface area contributed by atoms with Gasteiger partial charge in [0.15, 0.2) is 0 Å². The molecule has 2 heterocycles. The fraction of sp³-hybridized carbons (Fsp3) is 0.769. The Hall–Kier alpha value is -1.79. The zero-order valence-corrected chi connectivity index (χ0v) is 11.5. The summed E-state index contributed by atoms with van der Waals surface area (Å²) >= 11 is 0.